The molecule has 0 aliphatic carbocycles. The third-order valence-electron chi connectivity index (χ3n) is 6.44. The van der Waals surface area contributed by atoms with E-state index in [4.69, 9.17) is 14.6 Å². The lowest BCUT2D eigenvalue weighted by Crippen LogP contribution is -2.23. The van der Waals surface area contributed by atoms with Crippen molar-refractivity contribution in [2.24, 2.45) is 0 Å². The van der Waals surface area contributed by atoms with Gasteiger partial charge in [-0.2, -0.15) is 5.10 Å². The number of rotatable bonds is 6. The largest absolute Gasteiger partial charge is 0.454 e. The van der Waals surface area contributed by atoms with Crippen LogP contribution in [0.5, 0.6) is 11.5 Å². The predicted molar refractivity (Wildman–Crippen MR) is 126 cm³/mol. The summed E-state index contributed by atoms with van der Waals surface area (Å²) in [5.74, 6) is 1.57. The smallest absolute Gasteiger partial charge is 0.231 e. The normalized spacial score (nSPS) is 17.5. The maximum absolute atomic E-state index is 5.64. The maximum atomic E-state index is 5.64. The van der Waals surface area contributed by atoms with E-state index < -0.39 is 0 Å². The Morgan fingerprint density at radius 3 is 2.67 bits per heavy atom. The molecule has 6 rings (SSSR count). The highest BCUT2D eigenvalue weighted by molar-refractivity contribution is 5.67. The number of nitrogens with zero attached hydrogens (tertiary/aromatic N) is 4. The molecule has 0 amide bonds. The van der Waals surface area contributed by atoms with Crippen molar-refractivity contribution in [3.8, 4) is 22.8 Å². The summed E-state index contributed by atoms with van der Waals surface area (Å²) in [6.45, 7) is 2.90. The lowest BCUT2D eigenvalue weighted by molar-refractivity contribution is 0.174. The highest BCUT2D eigenvalue weighted by Crippen LogP contribution is 2.38. The molecule has 2 aliphatic rings. The first-order valence-corrected chi connectivity index (χ1v) is 11.5. The van der Waals surface area contributed by atoms with Gasteiger partial charge in [0.15, 0.2) is 11.5 Å². The van der Waals surface area contributed by atoms with E-state index in [1.54, 1.807) is 0 Å². The molecule has 0 N–H and O–H groups in total. The highest BCUT2D eigenvalue weighted by Gasteiger charge is 2.28. The van der Waals surface area contributed by atoms with Crippen molar-refractivity contribution in [3.63, 3.8) is 0 Å². The molecule has 0 spiro atoms. The van der Waals surface area contributed by atoms with E-state index >= 15 is 0 Å². The van der Waals surface area contributed by atoms with Gasteiger partial charge in [-0.25, -0.2) is 0 Å². The van der Waals surface area contributed by atoms with Crippen LogP contribution < -0.4 is 9.47 Å². The van der Waals surface area contributed by atoms with Crippen LogP contribution in [0.15, 0.2) is 79.1 Å². The van der Waals surface area contributed by atoms with Crippen molar-refractivity contribution < 1.29 is 9.47 Å². The minimum atomic E-state index is 0.271. The van der Waals surface area contributed by atoms with Gasteiger partial charge in [-0.3, -0.25) is 14.6 Å². The van der Waals surface area contributed by atoms with E-state index in [-0.39, 0.29) is 6.79 Å². The van der Waals surface area contributed by atoms with Crippen molar-refractivity contribution in [2.45, 2.75) is 32.0 Å². The third-order valence-corrected chi connectivity index (χ3v) is 6.44. The number of hydrogen-bond donors (Lipinski definition) is 0. The number of fused-ring (bicyclic) bond motifs is 1. The van der Waals surface area contributed by atoms with Gasteiger partial charge in [-0.15, -0.1) is 0 Å². The van der Waals surface area contributed by atoms with Crippen molar-refractivity contribution in [3.05, 3.63) is 95.9 Å². The minimum absolute atomic E-state index is 0.271. The fourth-order valence-corrected chi connectivity index (χ4v) is 4.86. The van der Waals surface area contributed by atoms with Gasteiger partial charge < -0.3 is 9.47 Å². The number of hydrogen-bond acceptors (Lipinski definition) is 5. The Balaban J connectivity index is 1.34. The van der Waals surface area contributed by atoms with Crippen LogP contribution in [-0.4, -0.2) is 33.0 Å². The molecule has 0 unspecified atom stereocenters. The topological polar surface area (TPSA) is 52.4 Å². The second kappa shape index (κ2) is 8.71. The Bertz CT molecular complexity index is 1240. The summed E-state index contributed by atoms with van der Waals surface area (Å²) < 4.78 is 13.2. The van der Waals surface area contributed by atoms with E-state index in [2.05, 4.69) is 63.2 Å². The van der Waals surface area contributed by atoms with E-state index in [1.807, 2.05) is 30.5 Å². The summed E-state index contributed by atoms with van der Waals surface area (Å²) >= 11 is 0. The van der Waals surface area contributed by atoms with Crippen LogP contribution in [0.1, 0.15) is 35.7 Å². The molecule has 33 heavy (non-hydrogen) atoms. The Morgan fingerprint density at radius 2 is 1.79 bits per heavy atom. The van der Waals surface area contributed by atoms with Crippen LogP contribution in [0.3, 0.4) is 0 Å². The van der Waals surface area contributed by atoms with Crippen LogP contribution in [0.2, 0.25) is 0 Å². The summed E-state index contributed by atoms with van der Waals surface area (Å²) in [4.78, 5) is 7.17. The summed E-state index contributed by atoms with van der Waals surface area (Å²) in [5, 5.41) is 5.02. The molecule has 0 radical (unpaired) electrons. The van der Waals surface area contributed by atoms with Gasteiger partial charge in [0.2, 0.25) is 6.79 Å². The van der Waals surface area contributed by atoms with Gasteiger partial charge in [-0.05, 0) is 55.3 Å². The summed E-state index contributed by atoms with van der Waals surface area (Å²) in [7, 11) is 0. The molecule has 2 aromatic heterocycles. The lowest BCUT2D eigenvalue weighted by Gasteiger charge is -2.24. The molecule has 1 atom stereocenters. The average molecular weight is 439 g/mol. The summed E-state index contributed by atoms with van der Waals surface area (Å²) in [6, 6.07) is 23.1. The van der Waals surface area contributed by atoms with Gasteiger partial charge in [0.25, 0.3) is 0 Å². The first-order chi connectivity index (χ1) is 16.3. The van der Waals surface area contributed by atoms with Gasteiger partial charge in [0.1, 0.15) is 0 Å². The van der Waals surface area contributed by atoms with Gasteiger partial charge in [0, 0.05) is 30.1 Å². The van der Waals surface area contributed by atoms with Crippen LogP contribution in [0.25, 0.3) is 11.3 Å². The molecule has 1 fully saturated rings. The molecular weight excluding hydrogens is 412 g/mol. The third kappa shape index (κ3) is 4.10. The number of pyridine rings is 1. The number of aromatic nitrogens is 3. The van der Waals surface area contributed by atoms with Crippen molar-refractivity contribution >= 4 is 0 Å². The molecular formula is C27H26N4O2. The van der Waals surface area contributed by atoms with Crippen molar-refractivity contribution in [1.29, 1.82) is 0 Å². The molecule has 4 heterocycles. The van der Waals surface area contributed by atoms with E-state index in [9.17, 15) is 0 Å². The Hall–Kier alpha value is -3.64. The first-order valence-electron chi connectivity index (χ1n) is 11.5. The molecule has 0 saturated carbocycles. The van der Waals surface area contributed by atoms with E-state index in [0.717, 1.165) is 54.5 Å². The molecule has 166 valence electrons. The molecule has 6 heteroatoms. The monoisotopic (exact) mass is 438 g/mol. The fraction of sp³-hybridized carbons (Fsp3) is 0.259. The standard InChI is InChI=1S/C27H26N4O2/c1-2-7-20(8-3-1)16-31-18-22(17-30-14-6-10-24(30)23-9-4-5-13-28-23)27(29-31)21-11-12-25-26(15-21)33-19-32-25/h1-5,7-9,11-13,15,18,24H,6,10,14,16-17,19H2/t24-/m0/s1. The van der Waals surface area contributed by atoms with Crippen molar-refractivity contribution in [1.82, 2.24) is 19.7 Å². The number of ether oxygens (including phenoxy) is 2. The zero-order chi connectivity index (χ0) is 22.0. The van der Waals surface area contributed by atoms with Gasteiger partial charge in [-0.1, -0.05) is 36.4 Å². The molecule has 6 nitrogen and oxygen atoms in total. The second-order valence-electron chi connectivity index (χ2n) is 8.64. The zero-order valence-corrected chi connectivity index (χ0v) is 18.4. The Morgan fingerprint density at radius 1 is 0.909 bits per heavy atom. The highest BCUT2D eigenvalue weighted by atomic mass is 16.7. The van der Waals surface area contributed by atoms with Crippen LogP contribution in [0.4, 0.5) is 0 Å². The second-order valence-corrected chi connectivity index (χ2v) is 8.64. The van der Waals surface area contributed by atoms with E-state index in [0.29, 0.717) is 6.04 Å². The molecule has 1 saturated heterocycles. The Kier molecular flexibility index (Phi) is 5.28. The lowest BCUT2D eigenvalue weighted by atomic mass is 10.1. The quantitative estimate of drug-likeness (QED) is 0.421. The maximum Gasteiger partial charge on any atom is 0.231 e. The van der Waals surface area contributed by atoms with Gasteiger partial charge in [0.05, 0.1) is 24.0 Å². The minimum Gasteiger partial charge on any atom is -0.454 e. The van der Waals surface area contributed by atoms with Crippen LogP contribution in [-0.2, 0) is 13.1 Å². The fourth-order valence-electron chi connectivity index (χ4n) is 4.86. The predicted octanol–water partition coefficient (Wildman–Crippen LogP) is 5.06. The van der Waals surface area contributed by atoms with E-state index in [1.165, 1.54) is 17.5 Å². The number of benzene rings is 2. The zero-order valence-electron chi connectivity index (χ0n) is 18.4. The molecule has 2 aliphatic heterocycles. The molecule has 4 aromatic rings. The summed E-state index contributed by atoms with van der Waals surface area (Å²) in [5.41, 5.74) is 5.64. The average Bonchev–Trinajstić information content (AvgIpc) is 3.60. The number of likely N-dealkylation sites (tertiary alicyclic amines) is 1. The van der Waals surface area contributed by atoms with Crippen molar-refractivity contribution in [2.75, 3.05) is 13.3 Å². The Labute approximate surface area is 193 Å². The van der Waals surface area contributed by atoms with Crippen LogP contribution >= 0.6 is 0 Å². The SMILES string of the molecule is c1ccc(Cn2cc(CN3CCC[C@H]3c3ccccn3)c(-c3ccc4c(c3)OCO4)n2)cc1. The molecule has 2 aromatic carbocycles. The van der Waals surface area contributed by atoms with Gasteiger partial charge >= 0.3 is 0 Å². The molecule has 0 bridgehead atoms. The first kappa shape index (κ1) is 20.0. The summed E-state index contributed by atoms with van der Waals surface area (Å²) in [6.07, 6.45) is 6.40. The van der Waals surface area contributed by atoms with Crippen LogP contribution in [0, 0.1) is 0 Å².